The van der Waals surface area contributed by atoms with Crippen molar-refractivity contribution in [3.8, 4) is 16.9 Å². The van der Waals surface area contributed by atoms with Gasteiger partial charge in [-0.25, -0.2) is 9.67 Å². The van der Waals surface area contributed by atoms with Gasteiger partial charge in [0.2, 0.25) is 0 Å². The minimum absolute atomic E-state index is 0.209. The van der Waals surface area contributed by atoms with E-state index in [2.05, 4.69) is 57.9 Å². The van der Waals surface area contributed by atoms with Crippen molar-refractivity contribution >= 4 is 22.4 Å². The molecule has 0 spiro atoms. The molecule has 0 bridgehead atoms. The molecule has 4 aromatic rings. The molecular weight excluding hydrogens is 360 g/mol. The van der Waals surface area contributed by atoms with Gasteiger partial charge in [0, 0.05) is 16.5 Å². The van der Waals surface area contributed by atoms with E-state index in [4.69, 9.17) is 0 Å². The van der Waals surface area contributed by atoms with Crippen molar-refractivity contribution in [2.45, 2.75) is 13.8 Å². The van der Waals surface area contributed by atoms with Gasteiger partial charge >= 0.3 is 0 Å². The highest BCUT2D eigenvalue weighted by Gasteiger charge is 2.11. The standard InChI is InChI=1S/C19H16N6OS/c1-12-3-8-16(13(2)9-12)17-10-27-19(21-17)22-18(26)14-4-6-15(7-5-14)25-11-20-23-24-25/h3-11H,1-2H3,(H,21,22,26). The van der Waals surface area contributed by atoms with Crippen molar-refractivity contribution in [3.63, 3.8) is 0 Å². The fourth-order valence-corrected chi connectivity index (χ4v) is 3.48. The highest BCUT2D eigenvalue weighted by Crippen LogP contribution is 2.28. The lowest BCUT2D eigenvalue weighted by atomic mass is 10.0. The molecule has 0 saturated heterocycles. The summed E-state index contributed by atoms with van der Waals surface area (Å²) in [6.07, 6.45) is 1.50. The number of carbonyl (C=O) groups is 1. The summed E-state index contributed by atoms with van der Waals surface area (Å²) in [5, 5.41) is 16.4. The van der Waals surface area contributed by atoms with Crippen molar-refractivity contribution in [2.24, 2.45) is 0 Å². The van der Waals surface area contributed by atoms with Gasteiger partial charge in [0.15, 0.2) is 5.13 Å². The van der Waals surface area contributed by atoms with E-state index in [0.29, 0.717) is 10.7 Å². The highest BCUT2D eigenvalue weighted by atomic mass is 32.1. The number of amides is 1. The van der Waals surface area contributed by atoms with E-state index in [1.807, 2.05) is 5.38 Å². The minimum atomic E-state index is -0.209. The van der Waals surface area contributed by atoms with Crippen LogP contribution in [0.1, 0.15) is 21.5 Å². The third-order valence-electron chi connectivity index (χ3n) is 4.13. The summed E-state index contributed by atoms with van der Waals surface area (Å²) in [5.41, 5.74) is 5.63. The van der Waals surface area contributed by atoms with E-state index in [9.17, 15) is 4.79 Å². The Hall–Kier alpha value is -3.39. The first kappa shape index (κ1) is 17.0. The van der Waals surface area contributed by atoms with Gasteiger partial charge in [-0.2, -0.15) is 0 Å². The predicted molar refractivity (Wildman–Crippen MR) is 104 cm³/mol. The van der Waals surface area contributed by atoms with E-state index >= 15 is 0 Å². The average Bonchev–Trinajstić information content (AvgIpc) is 3.34. The fraction of sp³-hybridized carbons (Fsp3) is 0.105. The molecule has 1 N–H and O–H groups in total. The first-order valence-corrected chi connectivity index (χ1v) is 9.16. The zero-order valence-electron chi connectivity index (χ0n) is 14.7. The van der Waals surface area contributed by atoms with Crippen LogP contribution in [0, 0.1) is 13.8 Å². The molecule has 8 heteroatoms. The fourth-order valence-electron chi connectivity index (χ4n) is 2.77. The van der Waals surface area contributed by atoms with Gasteiger partial charge in [0.1, 0.15) is 6.33 Å². The molecule has 0 unspecified atom stereocenters. The molecule has 2 aromatic carbocycles. The molecule has 134 valence electrons. The Labute approximate surface area is 159 Å². The lowest BCUT2D eigenvalue weighted by Crippen LogP contribution is -2.11. The molecule has 4 rings (SSSR count). The number of benzene rings is 2. The number of nitrogens with one attached hydrogen (secondary N) is 1. The third-order valence-corrected chi connectivity index (χ3v) is 4.88. The first-order valence-electron chi connectivity index (χ1n) is 8.28. The SMILES string of the molecule is Cc1ccc(-c2csc(NC(=O)c3ccc(-n4cnnn4)cc3)n2)c(C)c1. The summed E-state index contributed by atoms with van der Waals surface area (Å²) in [5.74, 6) is -0.209. The van der Waals surface area contributed by atoms with Crippen LogP contribution >= 0.6 is 11.3 Å². The number of thiazole rings is 1. The van der Waals surface area contributed by atoms with Gasteiger partial charge in [-0.15, -0.1) is 16.4 Å². The lowest BCUT2D eigenvalue weighted by Gasteiger charge is -2.04. The molecule has 0 aliphatic heterocycles. The van der Waals surface area contributed by atoms with E-state index < -0.39 is 0 Å². The maximum atomic E-state index is 12.5. The van der Waals surface area contributed by atoms with E-state index in [0.717, 1.165) is 22.5 Å². The quantitative estimate of drug-likeness (QED) is 0.587. The van der Waals surface area contributed by atoms with Crippen LogP contribution in [0.3, 0.4) is 0 Å². The van der Waals surface area contributed by atoms with Crippen LogP contribution in [-0.2, 0) is 0 Å². The number of tetrazole rings is 1. The molecule has 1 amide bonds. The van der Waals surface area contributed by atoms with Crippen molar-refractivity contribution in [2.75, 3.05) is 5.32 Å². The summed E-state index contributed by atoms with van der Waals surface area (Å²) in [6.45, 7) is 4.13. The number of rotatable bonds is 4. The van der Waals surface area contributed by atoms with Gasteiger partial charge in [0.05, 0.1) is 11.4 Å². The molecule has 27 heavy (non-hydrogen) atoms. The van der Waals surface area contributed by atoms with Gasteiger partial charge in [-0.1, -0.05) is 23.8 Å². The summed E-state index contributed by atoms with van der Waals surface area (Å²) in [6, 6.07) is 13.3. The molecule has 0 aliphatic rings. The average molecular weight is 376 g/mol. The number of carbonyl (C=O) groups excluding carboxylic acids is 1. The lowest BCUT2D eigenvalue weighted by molar-refractivity contribution is 0.102. The Morgan fingerprint density at radius 1 is 1.11 bits per heavy atom. The van der Waals surface area contributed by atoms with Crippen LogP contribution in [0.15, 0.2) is 54.2 Å². The normalized spacial score (nSPS) is 10.7. The monoisotopic (exact) mass is 376 g/mol. The Kier molecular flexibility index (Phi) is 4.47. The molecular formula is C19H16N6OS. The second-order valence-corrected chi connectivity index (χ2v) is 6.97. The second kappa shape index (κ2) is 7.08. The topological polar surface area (TPSA) is 85.6 Å². The van der Waals surface area contributed by atoms with Crippen LogP contribution in [0.25, 0.3) is 16.9 Å². The summed E-state index contributed by atoms with van der Waals surface area (Å²) in [4.78, 5) is 17.0. The number of anilines is 1. The molecule has 2 heterocycles. The van der Waals surface area contributed by atoms with Crippen molar-refractivity contribution in [1.29, 1.82) is 0 Å². The maximum absolute atomic E-state index is 12.5. The Morgan fingerprint density at radius 2 is 1.93 bits per heavy atom. The maximum Gasteiger partial charge on any atom is 0.257 e. The van der Waals surface area contributed by atoms with Gasteiger partial charge in [-0.05, 0) is 54.1 Å². The predicted octanol–water partition coefficient (Wildman–Crippen LogP) is 3.65. The van der Waals surface area contributed by atoms with Gasteiger partial charge < -0.3 is 0 Å². The van der Waals surface area contributed by atoms with Crippen molar-refractivity contribution in [3.05, 3.63) is 70.9 Å². The minimum Gasteiger partial charge on any atom is -0.298 e. The van der Waals surface area contributed by atoms with E-state index in [1.165, 1.54) is 27.9 Å². The van der Waals surface area contributed by atoms with Crippen LogP contribution in [0.5, 0.6) is 0 Å². The summed E-state index contributed by atoms with van der Waals surface area (Å²) < 4.78 is 1.53. The number of nitrogens with zero attached hydrogens (tertiary/aromatic N) is 5. The molecule has 0 radical (unpaired) electrons. The molecule has 0 aliphatic carbocycles. The van der Waals surface area contributed by atoms with Gasteiger partial charge in [0.25, 0.3) is 5.91 Å². The zero-order chi connectivity index (χ0) is 18.8. The van der Waals surface area contributed by atoms with Crippen molar-refractivity contribution < 1.29 is 4.79 Å². The van der Waals surface area contributed by atoms with Crippen LogP contribution in [0.4, 0.5) is 5.13 Å². The van der Waals surface area contributed by atoms with Crippen LogP contribution in [0.2, 0.25) is 0 Å². The van der Waals surface area contributed by atoms with E-state index in [-0.39, 0.29) is 5.91 Å². The highest BCUT2D eigenvalue weighted by molar-refractivity contribution is 7.14. The smallest absolute Gasteiger partial charge is 0.257 e. The second-order valence-electron chi connectivity index (χ2n) is 6.11. The van der Waals surface area contributed by atoms with Crippen LogP contribution in [-0.4, -0.2) is 31.1 Å². The zero-order valence-corrected chi connectivity index (χ0v) is 15.6. The number of aryl methyl sites for hydroxylation is 2. The number of aromatic nitrogens is 5. The molecule has 7 nitrogen and oxygen atoms in total. The first-order chi connectivity index (χ1) is 13.1. The van der Waals surface area contributed by atoms with Crippen LogP contribution < -0.4 is 5.32 Å². The van der Waals surface area contributed by atoms with Crippen molar-refractivity contribution in [1.82, 2.24) is 25.2 Å². The van der Waals surface area contributed by atoms with E-state index in [1.54, 1.807) is 24.3 Å². The third kappa shape index (κ3) is 3.61. The molecule has 0 saturated carbocycles. The largest absolute Gasteiger partial charge is 0.298 e. The Bertz CT molecular complexity index is 1090. The molecule has 0 fully saturated rings. The number of hydrogen-bond acceptors (Lipinski definition) is 6. The number of hydrogen-bond donors (Lipinski definition) is 1. The molecule has 2 aromatic heterocycles. The molecule has 0 atom stereocenters. The Balaban J connectivity index is 1.49. The van der Waals surface area contributed by atoms with Gasteiger partial charge in [-0.3, -0.25) is 10.1 Å². The summed E-state index contributed by atoms with van der Waals surface area (Å²) in [7, 11) is 0. The Morgan fingerprint density at radius 3 is 2.63 bits per heavy atom. The summed E-state index contributed by atoms with van der Waals surface area (Å²) >= 11 is 1.41.